The Bertz CT molecular complexity index is 371. The fraction of sp³-hybridized carbons (Fsp3) is 0.583. The van der Waals surface area contributed by atoms with Crippen LogP contribution in [0.1, 0.15) is 33.1 Å². The molecule has 2 aliphatic rings. The molecular weight excluding hydrogens is 270 g/mol. The summed E-state index contributed by atoms with van der Waals surface area (Å²) < 4.78 is 5.27. The molecule has 0 bridgehead atoms. The van der Waals surface area contributed by atoms with Crippen LogP contribution in [0.3, 0.4) is 0 Å². The second-order valence-electron chi connectivity index (χ2n) is 4.40. The van der Waals surface area contributed by atoms with Gasteiger partial charge in [0.05, 0.1) is 11.7 Å². The zero-order valence-corrected chi connectivity index (χ0v) is 11.1. The second-order valence-corrected chi connectivity index (χ2v) is 5.31. The van der Waals surface area contributed by atoms with Crippen molar-refractivity contribution in [2.45, 2.75) is 44.2 Å². The predicted molar refractivity (Wildman–Crippen MR) is 66.0 cm³/mol. The Hall–Kier alpha value is -0.770. The summed E-state index contributed by atoms with van der Waals surface area (Å²) in [4.78, 5) is 11.9. The highest BCUT2D eigenvalue weighted by atomic mass is 79.9. The lowest BCUT2D eigenvalue weighted by Crippen LogP contribution is -2.31. The number of nitrogens with one attached hydrogen (secondary N) is 1. The van der Waals surface area contributed by atoms with Crippen molar-refractivity contribution >= 4 is 21.9 Å². The van der Waals surface area contributed by atoms with E-state index in [2.05, 4.69) is 21.2 Å². The maximum Gasteiger partial charge on any atom is 0.337 e. The van der Waals surface area contributed by atoms with Gasteiger partial charge >= 0.3 is 5.97 Å². The summed E-state index contributed by atoms with van der Waals surface area (Å²) in [5.41, 5.74) is 3.18. The third-order valence-corrected chi connectivity index (χ3v) is 3.53. The van der Waals surface area contributed by atoms with Crippen LogP contribution in [0, 0.1) is 0 Å². The van der Waals surface area contributed by atoms with Gasteiger partial charge in [0.15, 0.2) is 0 Å². The molecule has 3 nitrogen and oxygen atoms in total. The highest BCUT2D eigenvalue weighted by molar-refractivity contribution is 9.09. The van der Waals surface area contributed by atoms with Gasteiger partial charge in [-0.2, -0.15) is 0 Å². The van der Waals surface area contributed by atoms with Crippen LogP contribution in [-0.4, -0.2) is 17.0 Å². The molecule has 1 fully saturated rings. The molecule has 1 unspecified atom stereocenters. The highest BCUT2D eigenvalue weighted by Crippen LogP contribution is 2.37. The van der Waals surface area contributed by atoms with Crippen LogP contribution in [0.4, 0.5) is 0 Å². The van der Waals surface area contributed by atoms with Gasteiger partial charge in [-0.15, -0.1) is 0 Å². The Morgan fingerprint density at radius 2 is 2.31 bits per heavy atom. The maximum atomic E-state index is 12.0. The van der Waals surface area contributed by atoms with E-state index in [-0.39, 0.29) is 17.0 Å². The average Bonchev–Trinajstić information content (AvgIpc) is 2.63. The molecule has 1 atom stereocenters. The lowest BCUT2D eigenvalue weighted by molar-refractivity contribution is -0.142. The molecule has 0 aromatic heterocycles. The zero-order valence-electron chi connectivity index (χ0n) is 9.55. The van der Waals surface area contributed by atoms with Gasteiger partial charge in [-0.05, 0) is 44.3 Å². The molecule has 0 amide bonds. The first-order valence-electron chi connectivity index (χ1n) is 5.63. The first-order chi connectivity index (χ1) is 7.59. The SMILES string of the molecule is CC(C)OC(=O)C1=C2CCCC2=CNC1Br. The molecule has 0 aromatic carbocycles. The van der Waals surface area contributed by atoms with Crippen LogP contribution in [0.15, 0.2) is 22.9 Å². The van der Waals surface area contributed by atoms with Crippen molar-refractivity contribution in [3.8, 4) is 0 Å². The van der Waals surface area contributed by atoms with Crippen LogP contribution < -0.4 is 5.32 Å². The van der Waals surface area contributed by atoms with Gasteiger partial charge in [0, 0.05) is 6.20 Å². The molecule has 16 heavy (non-hydrogen) atoms. The number of ether oxygens (including phenoxy) is 1. The summed E-state index contributed by atoms with van der Waals surface area (Å²) in [5.74, 6) is -0.202. The summed E-state index contributed by atoms with van der Waals surface area (Å²) in [7, 11) is 0. The largest absolute Gasteiger partial charge is 0.460 e. The molecule has 1 aliphatic carbocycles. The monoisotopic (exact) mass is 285 g/mol. The molecular formula is C12H16BrNO2. The average molecular weight is 286 g/mol. The van der Waals surface area contributed by atoms with E-state index in [1.807, 2.05) is 20.0 Å². The molecule has 0 spiro atoms. The second kappa shape index (κ2) is 4.62. The van der Waals surface area contributed by atoms with Gasteiger partial charge in [0.1, 0.15) is 4.95 Å². The molecule has 0 saturated heterocycles. The van der Waals surface area contributed by atoms with Crippen LogP contribution in [-0.2, 0) is 9.53 Å². The number of allylic oxidation sites excluding steroid dienone is 2. The van der Waals surface area contributed by atoms with Crippen molar-refractivity contribution in [1.82, 2.24) is 5.32 Å². The topological polar surface area (TPSA) is 38.3 Å². The number of alkyl halides is 1. The molecule has 0 radical (unpaired) electrons. The number of rotatable bonds is 2. The predicted octanol–water partition coefficient (Wildman–Crippen LogP) is 2.63. The molecule has 1 heterocycles. The minimum atomic E-state index is -0.202. The minimum absolute atomic E-state index is 0.0731. The Balaban J connectivity index is 2.28. The van der Waals surface area contributed by atoms with Crippen molar-refractivity contribution in [3.05, 3.63) is 22.9 Å². The Morgan fingerprint density at radius 1 is 1.56 bits per heavy atom. The van der Waals surface area contributed by atoms with Crippen LogP contribution in [0.2, 0.25) is 0 Å². The number of carbonyl (C=O) groups is 1. The molecule has 1 aliphatic heterocycles. The van der Waals surface area contributed by atoms with E-state index in [0.717, 1.165) is 24.8 Å². The smallest absolute Gasteiger partial charge is 0.337 e. The Labute approximate surface area is 104 Å². The number of hydrogen-bond donors (Lipinski definition) is 1. The standard InChI is InChI=1S/C12H16BrNO2/c1-7(2)16-12(15)10-9-5-3-4-8(9)6-14-11(10)13/h6-7,11,14H,3-5H2,1-2H3. The normalized spacial score (nSPS) is 24.0. The lowest BCUT2D eigenvalue weighted by Gasteiger charge is -2.23. The van der Waals surface area contributed by atoms with Crippen molar-refractivity contribution in [3.63, 3.8) is 0 Å². The number of fused-ring (bicyclic) bond motifs is 1. The van der Waals surface area contributed by atoms with Gasteiger partial charge in [-0.1, -0.05) is 15.9 Å². The fourth-order valence-corrected chi connectivity index (χ4v) is 2.74. The molecule has 1 N–H and O–H groups in total. The van der Waals surface area contributed by atoms with Crippen LogP contribution in [0.25, 0.3) is 0 Å². The van der Waals surface area contributed by atoms with Gasteiger partial charge < -0.3 is 10.1 Å². The molecule has 0 aromatic rings. The van der Waals surface area contributed by atoms with E-state index >= 15 is 0 Å². The number of hydrogen-bond acceptors (Lipinski definition) is 3. The third-order valence-electron chi connectivity index (χ3n) is 2.81. The molecule has 88 valence electrons. The summed E-state index contributed by atoms with van der Waals surface area (Å²) in [6, 6.07) is 0. The van der Waals surface area contributed by atoms with E-state index in [0.29, 0.717) is 0 Å². The number of halogens is 1. The summed E-state index contributed by atoms with van der Waals surface area (Å²) in [6.45, 7) is 3.74. The van der Waals surface area contributed by atoms with Gasteiger partial charge in [-0.3, -0.25) is 0 Å². The highest BCUT2D eigenvalue weighted by Gasteiger charge is 2.31. The first kappa shape index (κ1) is 11.7. The van der Waals surface area contributed by atoms with Crippen molar-refractivity contribution in [2.24, 2.45) is 0 Å². The molecule has 1 saturated carbocycles. The molecule has 2 rings (SSSR count). The van der Waals surface area contributed by atoms with Gasteiger partial charge in [0.25, 0.3) is 0 Å². The zero-order chi connectivity index (χ0) is 11.7. The van der Waals surface area contributed by atoms with E-state index in [9.17, 15) is 4.79 Å². The van der Waals surface area contributed by atoms with Gasteiger partial charge in [-0.25, -0.2) is 4.79 Å². The Kier molecular flexibility index (Phi) is 3.38. The lowest BCUT2D eigenvalue weighted by atomic mass is 10.0. The summed E-state index contributed by atoms with van der Waals surface area (Å²) in [6.07, 6.45) is 5.10. The summed E-state index contributed by atoms with van der Waals surface area (Å²) in [5, 5.41) is 3.15. The van der Waals surface area contributed by atoms with Crippen molar-refractivity contribution in [2.75, 3.05) is 0 Å². The minimum Gasteiger partial charge on any atom is -0.460 e. The first-order valence-corrected chi connectivity index (χ1v) is 6.54. The van der Waals surface area contributed by atoms with E-state index in [1.54, 1.807) is 0 Å². The van der Waals surface area contributed by atoms with E-state index < -0.39 is 0 Å². The van der Waals surface area contributed by atoms with E-state index in [1.165, 1.54) is 11.1 Å². The summed E-state index contributed by atoms with van der Waals surface area (Å²) >= 11 is 3.47. The third kappa shape index (κ3) is 2.17. The number of esters is 1. The van der Waals surface area contributed by atoms with Crippen LogP contribution in [0.5, 0.6) is 0 Å². The maximum absolute atomic E-state index is 12.0. The van der Waals surface area contributed by atoms with Crippen molar-refractivity contribution in [1.29, 1.82) is 0 Å². The molecule has 4 heteroatoms. The van der Waals surface area contributed by atoms with E-state index in [4.69, 9.17) is 4.74 Å². The fourth-order valence-electron chi connectivity index (χ4n) is 2.15. The Morgan fingerprint density at radius 3 is 3.00 bits per heavy atom. The van der Waals surface area contributed by atoms with Crippen LogP contribution >= 0.6 is 15.9 Å². The number of carbonyl (C=O) groups excluding carboxylic acids is 1. The van der Waals surface area contributed by atoms with Crippen molar-refractivity contribution < 1.29 is 9.53 Å². The number of dihydropyridines is 1. The van der Waals surface area contributed by atoms with Gasteiger partial charge in [0.2, 0.25) is 0 Å². The quantitative estimate of drug-likeness (QED) is 0.482.